The predicted molar refractivity (Wildman–Crippen MR) is 100 cm³/mol. The van der Waals surface area contributed by atoms with Crippen molar-refractivity contribution in [2.24, 2.45) is 0 Å². The van der Waals surface area contributed by atoms with E-state index in [1.54, 1.807) is 0 Å². The van der Waals surface area contributed by atoms with Crippen molar-refractivity contribution in [3.8, 4) is 0 Å². The van der Waals surface area contributed by atoms with Crippen LogP contribution in [0.3, 0.4) is 0 Å². The fraction of sp³-hybridized carbons (Fsp3) is 0.133. The number of nitrogens with one attached hydrogen (secondary N) is 1. The lowest BCUT2D eigenvalue weighted by atomic mass is 10.3. The summed E-state index contributed by atoms with van der Waals surface area (Å²) in [7, 11) is -3.83. The van der Waals surface area contributed by atoms with E-state index in [1.807, 2.05) is 0 Å². The molecule has 0 aliphatic carbocycles. The van der Waals surface area contributed by atoms with Crippen LogP contribution < -0.4 is 9.62 Å². The second-order valence-electron chi connectivity index (χ2n) is 5.22. The molecule has 0 saturated heterocycles. The Labute approximate surface area is 159 Å². The standard InChI is InChI=1S/C15H13Cl2N3O5S/c1-26(24,25)19(14-6-5-10(16)7-13(14)17)9-15(21)18-11-3-2-4-12(8-11)20(22)23/h2-8H,9H2,1H3,(H,18,21). The summed E-state index contributed by atoms with van der Waals surface area (Å²) < 4.78 is 24.9. The number of nitro groups is 1. The van der Waals surface area contributed by atoms with Crippen molar-refractivity contribution in [1.29, 1.82) is 0 Å². The number of hydrogen-bond acceptors (Lipinski definition) is 5. The summed E-state index contributed by atoms with van der Waals surface area (Å²) in [5.41, 5.74) is 0.0520. The van der Waals surface area contributed by atoms with Gasteiger partial charge in [-0.15, -0.1) is 0 Å². The molecule has 138 valence electrons. The smallest absolute Gasteiger partial charge is 0.271 e. The minimum atomic E-state index is -3.83. The van der Waals surface area contributed by atoms with Crippen molar-refractivity contribution in [1.82, 2.24) is 0 Å². The van der Waals surface area contributed by atoms with Gasteiger partial charge in [0, 0.05) is 22.8 Å². The van der Waals surface area contributed by atoms with Gasteiger partial charge in [0.1, 0.15) is 6.54 Å². The van der Waals surface area contributed by atoms with E-state index in [-0.39, 0.29) is 22.1 Å². The molecule has 0 aliphatic rings. The summed E-state index contributed by atoms with van der Waals surface area (Å²) in [6.45, 7) is -0.567. The van der Waals surface area contributed by atoms with Crippen LogP contribution in [-0.2, 0) is 14.8 Å². The molecular formula is C15H13Cl2N3O5S. The van der Waals surface area contributed by atoms with Crippen molar-refractivity contribution < 1.29 is 18.1 Å². The summed E-state index contributed by atoms with van der Waals surface area (Å²) in [5, 5.41) is 13.6. The number of nitrogens with zero attached hydrogens (tertiary/aromatic N) is 2. The van der Waals surface area contributed by atoms with Crippen LogP contribution in [0.1, 0.15) is 0 Å². The van der Waals surface area contributed by atoms with E-state index < -0.39 is 27.4 Å². The largest absolute Gasteiger partial charge is 0.324 e. The van der Waals surface area contributed by atoms with Crippen LogP contribution in [0.4, 0.5) is 17.1 Å². The van der Waals surface area contributed by atoms with E-state index in [9.17, 15) is 23.3 Å². The topological polar surface area (TPSA) is 110 Å². The minimum Gasteiger partial charge on any atom is -0.324 e. The number of hydrogen-bond donors (Lipinski definition) is 1. The number of carbonyl (C=O) groups excluding carboxylic acids is 1. The molecule has 1 N–H and O–H groups in total. The normalized spacial score (nSPS) is 11.0. The van der Waals surface area contributed by atoms with Gasteiger partial charge in [-0.05, 0) is 24.3 Å². The average Bonchev–Trinajstić information content (AvgIpc) is 2.52. The number of sulfonamides is 1. The zero-order valence-corrected chi connectivity index (χ0v) is 15.7. The molecule has 0 aliphatic heterocycles. The lowest BCUT2D eigenvalue weighted by molar-refractivity contribution is -0.384. The van der Waals surface area contributed by atoms with Gasteiger partial charge in [0.25, 0.3) is 5.69 Å². The van der Waals surface area contributed by atoms with Gasteiger partial charge in [0.05, 0.1) is 21.9 Å². The summed E-state index contributed by atoms with van der Waals surface area (Å²) in [4.78, 5) is 22.4. The van der Waals surface area contributed by atoms with Gasteiger partial charge in [-0.2, -0.15) is 0 Å². The molecule has 0 fully saturated rings. The lowest BCUT2D eigenvalue weighted by Gasteiger charge is -2.23. The molecule has 0 heterocycles. The van der Waals surface area contributed by atoms with Crippen molar-refractivity contribution in [3.63, 3.8) is 0 Å². The van der Waals surface area contributed by atoms with Crippen molar-refractivity contribution >= 4 is 56.2 Å². The highest BCUT2D eigenvalue weighted by Gasteiger charge is 2.23. The summed E-state index contributed by atoms with van der Waals surface area (Å²) >= 11 is 11.8. The Hall–Kier alpha value is -2.36. The molecule has 0 unspecified atom stereocenters. The predicted octanol–water partition coefficient (Wildman–Crippen LogP) is 3.31. The molecule has 2 aromatic rings. The number of halogens is 2. The van der Waals surface area contributed by atoms with E-state index in [0.29, 0.717) is 5.02 Å². The van der Waals surface area contributed by atoms with Gasteiger partial charge in [0.2, 0.25) is 15.9 Å². The molecule has 0 radical (unpaired) electrons. The van der Waals surface area contributed by atoms with Gasteiger partial charge in [-0.1, -0.05) is 29.3 Å². The molecule has 2 aromatic carbocycles. The first-order chi connectivity index (χ1) is 12.1. The van der Waals surface area contributed by atoms with Gasteiger partial charge < -0.3 is 5.32 Å². The van der Waals surface area contributed by atoms with Crippen LogP contribution in [0, 0.1) is 10.1 Å². The molecule has 0 spiro atoms. The van der Waals surface area contributed by atoms with Crippen LogP contribution >= 0.6 is 23.2 Å². The first-order valence-corrected chi connectivity index (χ1v) is 9.65. The monoisotopic (exact) mass is 417 g/mol. The Morgan fingerprint density at radius 3 is 2.50 bits per heavy atom. The first-order valence-electron chi connectivity index (χ1n) is 7.05. The maximum absolute atomic E-state index is 12.2. The quantitative estimate of drug-likeness (QED) is 0.572. The Morgan fingerprint density at radius 2 is 1.92 bits per heavy atom. The molecule has 0 bridgehead atoms. The van der Waals surface area contributed by atoms with Crippen LogP contribution in [0.5, 0.6) is 0 Å². The number of amides is 1. The third-order valence-corrected chi connectivity index (χ3v) is 4.87. The molecular weight excluding hydrogens is 405 g/mol. The van der Waals surface area contributed by atoms with Crippen LogP contribution in [0.25, 0.3) is 0 Å². The third-order valence-electron chi connectivity index (χ3n) is 3.21. The molecule has 0 saturated carbocycles. The fourth-order valence-electron chi connectivity index (χ4n) is 2.09. The van der Waals surface area contributed by atoms with Gasteiger partial charge in [-0.3, -0.25) is 19.2 Å². The third kappa shape index (κ3) is 5.07. The molecule has 11 heteroatoms. The van der Waals surface area contributed by atoms with Crippen molar-refractivity contribution in [2.45, 2.75) is 0 Å². The molecule has 0 aromatic heterocycles. The second kappa shape index (κ2) is 7.90. The number of carbonyl (C=O) groups is 1. The highest BCUT2D eigenvalue weighted by atomic mass is 35.5. The summed E-state index contributed by atoms with van der Waals surface area (Å²) in [5.74, 6) is -0.693. The van der Waals surface area contributed by atoms with Crippen LogP contribution in [0.2, 0.25) is 10.0 Å². The van der Waals surface area contributed by atoms with Crippen LogP contribution in [0.15, 0.2) is 42.5 Å². The number of rotatable bonds is 6. The zero-order chi connectivity index (χ0) is 19.5. The van der Waals surface area contributed by atoms with Gasteiger partial charge >= 0.3 is 0 Å². The molecule has 1 amide bonds. The second-order valence-corrected chi connectivity index (χ2v) is 7.97. The van der Waals surface area contributed by atoms with E-state index in [2.05, 4.69) is 5.32 Å². The number of benzene rings is 2. The van der Waals surface area contributed by atoms with Gasteiger partial charge in [0.15, 0.2) is 0 Å². The van der Waals surface area contributed by atoms with E-state index in [1.165, 1.54) is 36.4 Å². The minimum absolute atomic E-state index is 0.0612. The van der Waals surface area contributed by atoms with E-state index in [0.717, 1.165) is 16.6 Å². The molecule has 0 atom stereocenters. The number of anilines is 2. The average molecular weight is 418 g/mol. The van der Waals surface area contributed by atoms with E-state index >= 15 is 0 Å². The summed E-state index contributed by atoms with van der Waals surface area (Å²) in [6, 6.07) is 9.47. The van der Waals surface area contributed by atoms with E-state index in [4.69, 9.17) is 23.2 Å². The van der Waals surface area contributed by atoms with Crippen molar-refractivity contribution in [2.75, 3.05) is 22.4 Å². The maximum atomic E-state index is 12.2. The molecule has 8 nitrogen and oxygen atoms in total. The van der Waals surface area contributed by atoms with Crippen LogP contribution in [-0.4, -0.2) is 32.0 Å². The maximum Gasteiger partial charge on any atom is 0.271 e. The Kier molecular flexibility index (Phi) is 6.06. The Balaban J connectivity index is 2.25. The van der Waals surface area contributed by atoms with Gasteiger partial charge in [-0.25, -0.2) is 8.42 Å². The SMILES string of the molecule is CS(=O)(=O)N(CC(=O)Nc1cccc([N+](=O)[O-])c1)c1ccc(Cl)cc1Cl. The molecule has 2 rings (SSSR count). The zero-order valence-electron chi connectivity index (χ0n) is 13.3. The summed E-state index contributed by atoms with van der Waals surface area (Å²) in [6.07, 6.45) is 0.929. The number of nitro benzene ring substituents is 1. The first kappa shape index (κ1) is 20.0. The molecule has 26 heavy (non-hydrogen) atoms. The number of non-ortho nitro benzene ring substituents is 1. The van der Waals surface area contributed by atoms with Crippen molar-refractivity contribution in [3.05, 3.63) is 62.6 Å². The highest BCUT2D eigenvalue weighted by Crippen LogP contribution is 2.30. The Morgan fingerprint density at radius 1 is 1.23 bits per heavy atom. The Bertz CT molecular complexity index is 966. The highest BCUT2D eigenvalue weighted by molar-refractivity contribution is 7.92. The fourth-order valence-corrected chi connectivity index (χ4v) is 3.52. The lowest BCUT2D eigenvalue weighted by Crippen LogP contribution is -2.37.